The molecule has 0 spiro atoms. The molecule has 0 bridgehead atoms. The number of hydrogen-bond donors (Lipinski definition) is 1. The van der Waals surface area contributed by atoms with Crippen LogP contribution < -0.4 is 5.32 Å². The van der Waals surface area contributed by atoms with Crippen molar-refractivity contribution in [1.82, 2.24) is 9.88 Å². The van der Waals surface area contributed by atoms with Crippen molar-refractivity contribution < 1.29 is 14.4 Å². The number of aryl methyl sites for hydroxylation is 1. The summed E-state index contributed by atoms with van der Waals surface area (Å²) in [6, 6.07) is 8.62. The minimum Gasteiger partial charge on any atom is -0.326 e. The van der Waals surface area contributed by atoms with Crippen molar-refractivity contribution in [2.24, 2.45) is 0 Å². The predicted molar refractivity (Wildman–Crippen MR) is 88.6 cm³/mol. The Kier molecular flexibility index (Phi) is 4.37. The van der Waals surface area contributed by atoms with Crippen LogP contribution in [-0.4, -0.2) is 34.2 Å². The lowest BCUT2D eigenvalue weighted by Gasteiger charge is -2.13. The maximum atomic E-state index is 12.3. The standard InChI is InChI=1S/C18H17N3O3/c1-12-4-5-14-15(11-12)18(24)21(17(14)23)10-2-3-16(22)20-13-6-8-19-9-7-13/h4-9,11H,2-3,10H2,1H3,(H,19,20,22). The summed E-state index contributed by atoms with van der Waals surface area (Å²) in [5, 5.41) is 2.75. The molecule has 0 saturated carbocycles. The Morgan fingerprint density at radius 3 is 2.54 bits per heavy atom. The highest BCUT2D eigenvalue weighted by molar-refractivity contribution is 6.21. The normalized spacial score (nSPS) is 13.1. The highest BCUT2D eigenvalue weighted by Gasteiger charge is 2.34. The van der Waals surface area contributed by atoms with Gasteiger partial charge in [-0.25, -0.2) is 0 Å². The van der Waals surface area contributed by atoms with Crippen LogP contribution in [0.2, 0.25) is 0 Å². The molecule has 3 amide bonds. The fourth-order valence-corrected chi connectivity index (χ4v) is 2.66. The fraction of sp³-hybridized carbons (Fsp3) is 0.222. The van der Waals surface area contributed by atoms with Gasteiger partial charge in [-0.3, -0.25) is 24.3 Å². The van der Waals surface area contributed by atoms with E-state index in [0.29, 0.717) is 23.2 Å². The van der Waals surface area contributed by atoms with Crippen LogP contribution in [0.1, 0.15) is 39.1 Å². The summed E-state index contributed by atoms with van der Waals surface area (Å²) in [5.41, 5.74) is 2.49. The summed E-state index contributed by atoms with van der Waals surface area (Å²) >= 11 is 0. The zero-order valence-corrected chi connectivity index (χ0v) is 13.3. The van der Waals surface area contributed by atoms with Gasteiger partial charge < -0.3 is 5.32 Å². The lowest BCUT2D eigenvalue weighted by molar-refractivity contribution is -0.116. The molecule has 122 valence electrons. The van der Waals surface area contributed by atoms with Gasteiger partial charge >= 0.3 is 0 Å². The number of aromatic nitrogens is 1. The van der Waals surface area contributed by atoms with Crippen LogP contribution in [0.4, 0.5) is 5.69 Å². The van der Waals surface area contributed by atoms with Gasteiger partial charge in [-0.1, -0.05) is 11.6 Å². The average molecular weight is 323 g/mol. The number of fused-ring (bicyclic) bond motifs is 1. The van der Waals surface area contributed by atoms with E-state index < -0.39 is 0 Å². The molecule has 0 fully saturated rings. The van der Waals surface area contributed by atoms with Crippen LogP contribution >= 0.6 is 0 Å². The maximum Gasteiger partial charge on any atom is 0.261 e. The summed E-state index contributed by atoms with van der Waals surface area (Å²) in [6.07, 6.45) is 3.84. The number of nitrogens with one attached hydrogen (secondary N) is 1. The van der Waals surface area contributed by atoms with Gasteiger partial charge in [0, 0.05) is 31.0 Å². The van der Waals surface area contributed by atoms with Crippen molar-refractivity contribution in [2.45, 2.75) is 19.8 Å². The van der Waals surface area contributed by atoms with Crippen LogP contribution in [-0.2, 0) is 4.79 Å². The Morgan fingerprint density at radius 1 is 1.08 bits per heavy atom. The minimum absolute atomic E-state index is 0.159. The molecule has 2 aromatic rings. The molecule has 24 heavy (non-hydrogen) atoms. The second-order valence-corrected chi connectivity index (χ2v) is 5.70. The minimum atomic E-state index is -0.287. The number of nitrogens with zero attached hydrogens (tertiary/aromatic N) is 2. The third kappa shape index (κ3) is 3.17. The van der Waals surface area contributed by atoms with Gasteiger partial charge in [0.2, 0.25) is 5.91 Å². The van der Waals surface area contributed by atoms with E-state index in [1.165, 1.54) is 4.90 Å². The average Bonchev–Trinajstić information content (AvgIpc) is 2.80. The van der Waals surface area contributed by atoms with Crippen molar-refractivity contribution in [1.29, 1.82) is 0 Å². The summed E-state index contributed by atoms with van der Waals surface area (Å²) in [5.74, 6) is -0.730. The summed E-state index contributed by atoms with van der Waals surface area (Å²) in [4.78, 5) is 41.6. The number of pyridine rings is 1. The van der Waals surface area contributed by atoms with Gasteiger partial charge in [0.15, 0.2) is 0 Å². The first-order valence-electron chi connectivity index (χ1n) is 7.73. The third-order valence-electron chi connectivity index (χ3n) is 3.88. The smallest absolute Gasteiger partial charge is 0.261 e. The molecule has 3 rings (SSSR count). The summed E-state index contributed by atoms with van der Waals surface area (Å²) in [7, 11) is 0. The number of hydrogen-bond acceptors (Lipinski definition) is 4. The number of carbonyl (C=O) groups excluding carboxylic acids is 3. The van der Waals surface area contributed by atoms with Gasteiger partial charge in [-0.2, -0.15) is 0 Å². The molecule has 1 aromatic carbocycles. The fourth-order valence-electron chi connectivity index (χ4n) is 2.66. The third-order valence-corrected chi connectivity index (χ3v) is 3.88. The second kappa shape index (κ2) is 6.62. The summed E-state index contributed by atoms with van der Waals surface area (Å²) in [6.45, 7) is 2.11. The molecule has 1 N–H and O–H groups in total. The highest BCUT2D eigenvalue weighted by atomic mass is 16.2. The van der Waals surface area contributed by atoms with E-state index in [9.17, 15) is 14.4 Å². The van der Waals surface area contributed by atoms with Gasteiger partial charge in [-0.05, 0) is 37.6 Å². The molecule has 0 saturated heterocycles. The van der Waals surface area contributed by atoms with Gasteiger partial charge in [-0.15, -0.1) is 0 Å². The number of imide groups is 1. The van der Waals surface area contributed by atoms with Crippen LogP contribution in [0.3, 0.4) is 0 Å². The zero-order valence-electron chi connectivity index (χ0n) is 13.3. The molecular formula is C18H17N3O3. The van der Waals surface area contributed by atoms with Crippen LogP contribution in [0, 0.1) is 6.92 Å². The molecule has 1 aliphatic heterocycles. The molecule has 6 heteroatoms. The predicted octanol–water partition coefficient (Wildman–Crippen LogP) is 2.40. The van der Waals surface area contributed by atoms with E-state index in [0.717, 1.165) is 5.56 Å². The zero-order chi connectivity index (χ0) is 17.1. The molecule has 0 radical (unpaired) electrons. The van der Waals surface area contributed by atoms with Crippen molar-refractivity contribution in [3.8, 4) is 0 Å². The van der Waals surface area contributed by atoms with Crippen molar-refractivity contribution in [3.63, 3.8) is 0 Å². The molecule has 1 aliphatic rings. The van der Waals surface area contributed by atoms with Gasteiger partial charge in [0.1, 0.15) is 0 Å². The Hall–Kier alpha value is -3.02. The monoisotopic (exact) mass is 323 g/mol. The molecule has 0 aliphatic carbocycles. The van der Waals surface area contributed by atoms with E-state index >= 15 is 0 Å². The number of amides is 3. The van der Waals surface area contributed by atoms with E-state index in [4.69, 9.17) is 0 Å². The van der Waals surface area contributed by atoms with Crippen molar-refractivity contribution in [2.75, 3.05) is 11.9 Å². The van der Waals surface area contributed by atoms with Gasteiger partial charge in [0.05, 0.1) is 11.1 Å². The largest absolute Gasteiger partial charge is 0.326 e. The van der Waals surface area contributed by atoms with E-state index in [2.05, 4.69) is 10.3 Å². The van der Waals surface area contributed by atoms with Crippen LogP contribution in [0.15, 0.2) is 42.7 Å². The molecule has 0 unspecified atom stereocenters. The van der Waals surface area contributed by atoms with Gasteiger partial charge in [0.25, 0.3) is 11.8 Å². The molecule has 6 nitrogen and oxygen atoms in total. The van der Waals surface area contributed by atoms with E-state index in [-0.39, 0.29) is 30.7 Å². The highest BCUT2D eigenvalue weighted by Crippen LogP contribution is 2.24. The molecular weight excluding hydrogens is 306 g/mol. The molecule has 1 aromatic heterocycles. The van der Waals surface area contributed by atoms with Crippen LogP contribution in [0.5, 0.6) is 0 Å². The number of benzene rings is 1. The number of anilines is 1. The second-order valence-electron chi connectivity index (χ2n) is 5.70. The molecule has 2 heterocycles. The molecule has 0 atom stereocenters. The maximum absolute atomic E-state index is 12.3. The number of carbonyl (C=O) groups is 3. The van der Waals surface area contributed by atoms with E-state index in [1.54, 1.807) is 36.7 Å². The SMILES string of the molecule is Cc1ccc2c(c1)C(=O)N(CCCC(=O)Nc1ccncc1)C2=O. The number of rotatable bonds is 5. The first-order chi connectivity index (χ1) is 11.6. The van der Waals surface area contributed by atoms with Crippen molar-refractivity contribution >= 4 is 23.4 Å². The Balaban J connectivity index is 1.55. The first kappa shape index (κ1) is 15.9. The topological polar surface area (TPSA) is 79.4 Å². The Labute approximate surface area is 139 Å². The Bertz CT molecular complexity index is 802. The lowest BCUT2D eigenvalue weighted by atomic mass is 10.1. The summed E-state index contributed by atoms with van der Waals surface area (Å²) < 4.78 is 0. The van der Waals surface area contributed by atoms with Crippen LogP contribution in [0.25, 0.3) is 0 Å². The van der Waals surface area contributed by atoms with E-state index in [1.807, 2.05) is 13.0 Å². The quantitative estimate of drug-likeness (QED) is 0.857. The Morgan fingerprint density at radius 2 is 1.79 bits per heavy atom. The lowest BCUT2D eigenvalue weighted by Crippen LogP contribution is -2.31. The van der Waals surface area contributed by atoms with Crippen molar-refractivity contribution in [3.05, 3.63) is 59.4 Å². The first-order valence-corrected chi connectivity index (χ1v) is 7.73.